The molecule has 0 aliphatic rings. The first kappa shape index (κ1) is 9.13. The lowest BCUT2D eigenvalue weighted by Crippen LogP contribution is -2.29. The van der Waals surface area contributed by atoms with Gasteiger partial charge in [0.2, 0.25) is 0 Å². The molecule has 0 fully saturated rings. The zero-order chi connectivity index (χ0) is 9.19. The summed E-state index contributed by atoms with van der Waals surface area (Å²) in [5, 5.41) is 0. The first-order valence-electron chi connectivity index (χ1n) is 3.88. The van der Waals surface area contributed by atoms with Gasteiger partial charge in [-0.3, -0.25) is 4.98 Å². The third kappa shape index (κ3) is 1.61. The van der Waals surface area contributed by atoms with E-state index in [2.05, 4.69) is 4.98 Å². The van der Waals surface area contributed by atoms with Crippen LogP contribution in [-0.2, 0) is 5.41 Å². The number of aromatic nitrogens is 1. The van der Waals surface area contributed by atoms with E-state index in [1.807, 2.05) is 13.8 Å². The number of halogens is 1. The average molecular weight is 168 g/mol. The van der Waals surface area contributed by atoms with E-state index in [1.54, 1.807) is 12.3 Å². The van der Waals surface area contributed by atoms with E-state index in [1.165, 1.54) is 6.20 Å². The molecule has 0 aliphatic heterocycles. The first-order chi connectivity index (χ1) is 5.58. The van der Waals surface area contributed by atoms with Gasteiger partial charge in [-0.05, 0) is 11.6 Å². The molecule has 3 heteroatoms. The van der Waals surface area contributed by atoms with Crippen LogP contribution < -0.4 is 5.73 Å². The van der Waals surface area contributed by atoms with Crippen molar-refractivity contribution in [2.45, 2.75) is 19.3 Å². The SMILES string of the molecule is CC(C)(CN)c1ccncc1F. The van der Waals surface area contributed by atoms with Gasteiger partial charge in [0.05, 0.1) is 6.20 Å². The lowest BCUT2D eigenvalue weighted by Gasteiger charge is -2.22. The Morgan fingerprint density at radius 3 is 2.75 bits per heavy atom. The van der Waals surface area contributed by atoms with E-state index in [9.17, 15) is 4.39 Å². The molecule has 1 aromatic rings. The second kappa shape index (κ2) is 3.19. The smallest absolute Gasteiger partial charge is 0.145 e. The van der Waals surface area contributed by atoms with Gasteiger partial charge in [-0.2, -0.15) is 0 Å². The maximum Gasteiger partial charge on any atom is 0.145 e. The monoisotopic (exact) mass is 168 g/mol. The van der Waals surface area contributed by atoms with Crippen LogP contribution in [0.1, 0.15) is 19.4 Å². The molecule has 2 nitrogen and oxygen atoms in total. The molecule has 1 heterocycles. The quantitative estimate of drug-likeness (QED) is 0.726. The summed E-state index contributed by atoms with van der Waals surface area (Å²) < 4.78 is 13.2. The number of hydrogen-bond donors (Lipinski definition) is 1. The van der Waals surface area contributed by atoms with Crippen LogP contribution in [-0.4, -0.2) is 11.5 Å². The summed E-state index contributed by atoms with van der Waals surface area (Å²) in [5.74, 6) is -0.284. The van der Waals surface area contributed by atoms with Crippen LogP contribution >= 0.6 is 0 Å². The van der Waals surface area contributed by atoms with Crippen molar-refractivity contribution in [3.05, 3.63) is 29.8 Å². The number of pyridine rings is 1. The van der Waals surface area contributed by atoms with Gasteiger partial charge in [-0.25, -0.2) is 4.39 Å². The summed E-state index contributed by atoms with van der Waals surface area (Å²) in [6.45, 7) is 4.24. The molecule has 0 bridgehead atoms. The maximum absolute atomic E-state index is 13.2. The molecule has 0 amide bonds. The first-order valence-corrected chi connectivity index (χ1v) is 3.88. The molecule has 0 saturated heterocycles. The van der Waals surface area contributed by atoms with Crippen molar-refractivity contribution in [1.82, 2.24) is 4.98 Å². The summed E-state index contributed by atoms with van der Waals surface area (Å²) in [6, 6.07) is 1.67. The molecular weight excluding hydrogens is 155 g/mol. The molecule has 0 atom stereocenters. The molecule has 0 spiro atoms. The second-order valence-corrected chi connectivity index (χ2v) is 3.44. The Labute approximate surface area is 71.6 Å². The zero-order valence-corrected chi connectivity index (χ0v) is 7.34. The van der Waals surface area contributed by atoms with Crippen LogP contribution in [0.5, 0.6) is 0 Å². The average Bonchev–Trinajstić information content (AvgIpc) is 2.05. The van der Waals surface area contributed by atoms with Crippen molar-refractivity contribution in [2.24, 2.45) is 5.73 Å². The maximum atomic E-state index is 13.2. The summed E-state index contributed by atoms with van der Waals surface area (Å²) in [6.07, 6.45) is 2.79. The van der Waals surface area contributed by atoms with Gasteiger partial charge in [0.1, 0.15) is 5.82 Å². The molecule has 0 radical (unpaired) electrons. The van der Waals surface area contributed by atoms with Crippen LogP contribution in [0, 0.1) is 5.82 Å². The number of hydrogen-bond acceptors (Lipinski definition) is 2. The summed E-state index contributed by atoms with van der Waals surface area (Å²) in [4.78, 5) is 3.68. The number of rotatable bonds is 2. The van der Waals surface area contributed by atoms with Gasteiger partial charge in [0, 0.05) is 18.2 Å². The van der Waals surface area contributed by atoms with Gasteiger partial charge in [-0.1, -0.05) is 13.8 Å². The number of nitrogens with zero attached hydrogens (tertiary/aromatic N) is 1. The molecule has 0 aliphatic carbocycles. The lowest BCUT2D eigenvalue weighted by atomic mass is 9.85. The minimum atomic E-state index is -0.312. The normalized spacial score (nSPS) is 11.7. The Hall–Kier alpha value is -0.960. The molecule has 1 rings (SSSR count). The van der Waals surface area contributed by atoms with E-state index in [4.69, 9.17) is 5.73 Å². The largest absolute Gasteiger partial charge is 0.330 e. The predicted molar refractivity (Wildman–Crippen MR) is 46.3 cm³/mol. The van der Waals surface area contributed by atoms with Crippen LogP contribution in [0.4, 0.5) is 4.39 Å². The van der Waals surface area contributed by atoms with Crippen LogP contribution in [0.25, 0.3) is 0 Å². The lowest BCUT2D eigenvalue weighted by molar-refractivity contribution is 0.490. The molecule has 0 unspecified atom stereocenters. The predicted octanol–water partition coefficient (Wildman–Crippen LogP) is 1.46. The van der Waals surface area contributed by atoms with Crippen molar-refractivity contribution in [2.75, 3.05) is 6.54 Å². The van der Waals surface area contributed by atoms with E-state index < -0.39 is 0 Å². The fourth-order valence-electron chi connectivity index (χ4n) is 1.03. The summed E-state index contributed by atoms with van der Waals surface area (Å²) in [7, 11) is 0. The molecule has 2 N–H and O–H groups in total. The second-order valence-electron chi connectivity index (χ2n) is 3.44. The Balaban J connectivity index is 3.10. The van der Waals surface area contributed by atoms with Crippen molar-refractivity contribution in [3.63, 3.8) is 0 Å². The van der Waals surface area contributed by atoms with Gasteiger partial charge in [0.15, 0.2) is 0 Å². The third-order valence-corrected chi connectivity index (χ3v) is 2.01. The zero-order valence-electron chi connectivity index (χ0n) is 7.34. The minimum Gasteiger partial charge on any atom is -0.330 e. The van der Waals surface area contributed by atoms with Gasteiger partial charge in [-0.15, -0.1) is 0 Å². The highest BCUT2D eigenvalue weighted by Crippen LogP contribution is 2.23. The standard InChI is InChI=1S/C9H13FN2/c1-9(2,6-11)7-3-4-12-5-8(7)10/h3-5H,6,11H2,1-2H3. The Morgan fingerprint density at radius 2 is 2.25 bits per heavy atom. The molecule has 66 valence electrons. The van der Waals surface area contributed by atoms with Crippen LogP contribution in [0.3, 0.4) is 0 Å². The number of nitrogens with two attached hydrogens (primary N) is 1. The van der Waals surface area contributed by atoms with E-state index in [0.717, 1.165) is 0 Å². The highest BCUT2D eigenvalue weighted by atomic mass is 19.1. The van der Waals surface area contributed by atoms with Crippen molar-refractivity contribution in [1.29, 1.82) is 0 Å². The highest BCUT2D eigenvalue weighted by molar-refractivity contribution is 5.22. The van der Waals surface area contributed by atoms with Crippen molar-refractivity contribution < 1.29 is 4.39 Å². The van der Waals surface area contributed by atoms with Gasteiger partial charge < -0.3 is 5.73 Å². The fourth-order valence-corrected chi connectivity index (χ4v) is 1.03. The van der Waals surface area contributed by atoms with E-state index in [0.29, 0.717) is 12.1 Å². The van der Waals surface area contributed by atoms with Gasteiger partial charge >= 0.3 is 0 Å². The molecular formula is C9H13FN2. The van der Waals surface area contributed by atoms with Crippen LogP contribution in [0.15, 0.2) is 18.5 Å². The Kier molecular flexibility index (Phi) is 2.43. The molecule has 1 aromatic heterocycles. The molecule has 0 saturated carbocycles. The summed E-state index contributed by atoms with van der Waals surface area (Å²) >= 11 is 0. The van der Waals surface area contributed by atoms with Crippen molar-refractivity contribution in [3.8, 4) is 0 Å². The molecule has 0 aromatic carbocycles. The fraction of sp³-hybridized carbons (Fsp3) is 0.444. The minimum absolute atomic E-state index is 0.284. The van der Waals surface area contributed by atoms with E-state index in [-0.39, 0.29) is 11.2 Å². The third-order valence-electron chi connectivity index (χ3n) is 2.01. The Bertz CT molecular complexity index is 271. The van der Waals surface area contributed by atoms with Gasteiger partial charge in [0.25, 0.3) is 0 Å². The summed E-state index contributed by atoms with van der Waals surface area (Å²) in [5.41, 5.74) is 5.83. The molecule has 12 heavy (non-hydrogen) atoms. The van der Waals surface area contributed by atoms with Crippen LogP contribution in [0.2, 0.25) is 0 Å². The van der Waals surface area contributed by atoms with Crippen molar-refractivity contribution >= 4 is 0 Å². The Morgan fingerprint density at radius 1 is 1.58 bits per heavy atom. The highest BCUT2D eigenvalue weighted by Gasteiger charge is 2.21. The topological polar surface area (TPSA) is 38.9 Å². The van der Waals surface area contributed by atoms with E-state index >= 15 is 0 Å².